The third-order valence-electron chi connectivity index (χ3n) is 2.82. The van der Waals surface area contributed by atoms with Crippen LogP contribution in [0.15, 0.2) is 30.5 Å². The third-order valence-corrected chi connectivity index (χ3v) is 2.82. The van der Waals surface area contributed by atoms with E-state index >= 15 is 0 Å². The van der Waals surface area contributed by atoms with Crippen molar-refractivity contribution in [2.24, 2.45) is 0 Å². The predicted molar refractivity (Wildman–Crippen MR) is 79.4 cm³/mol. The smallest absolute Gasteiger partial charge is 0.224 e. The molecule has 2 rings (SSSR count). The zero-order valence-electron chi connectivity index (χ0n) is 11.6. The van der Waals surface area contributed by atoms with Crippen LogP contribution in [0.1, 0.15) is 23.6 Å². The second kappa shape index (κ2) is 6.53. The molecule has 0 aliphatic rings. The van der Waals surface area contributed by atoms with Gasteiger partial charge in [0.15, 0.2) is 0 Å². The summed E-state index contributed by atoms with van der Waals surface area (Å²) in [6.07, 6.45) is 1.79. The van der Waals surface area contributed by atoms with Crippen molar-refractivity contribution in [2.45, 2.75) is 20.4 Å². The van der Waals surface area contributed by atoms with E-state index in [9.17, 15) is 0 Å². The number of nitrogens with zero attached hydrogens (tertiary/aromatic N) is 3. The Bertz CT molecular complexity index is 630. The molecule has 2 N–H and O–H groups in total. The molecule has 5 nitrogen and oxygen atoms in total. The van der Waals surface area contributed by atoms with E-state index < -0.39 is 0 Å². The normalized spacial score (nSPS) is 9.85. The Labute approximate surface area is 118 Å². The van der Waals surface area contributed by atoms with E-state index in [1.807, 2.05) is 32.0 Å². The van der Waals surface area contributed by atoms with Gasteiger partial charge in [0, 0.05) is 24.8 Å². The van der Waals surface area contributed by atoms with Crippen LogP contribution < -0.4 is 10.6 Å². The minimum Gasteiger partial charge on any atom is -0.366 e. The van der Waals surface area contributed by atoms with Crippen LogP contribution in [-0.4, -0.2) is 16.5 Å². The Kier molecular flexibility index (Phi) is 4.51. The van der Waals surface area contributed by atoms with Crippen molar-refractivity contribution < 1.29 is 0 Å². The summed E-state index contributed by atoms with van der Waals surface area (Å²) < 4.78 is 0. The molecule has 5 heteroatoms. The molecule has 102 valence electrons. The lowest BCUT2D eigenvalue weighted by atomic mass is 10.1. The summed E-state index contributed by atoms with van der Waals surface area (Å²) in [6.45, 7) is 5.37. The van der Waals surface area contributed by atoms with Gasteiger partial charge in [-0.25, -0.2) is 4.98 Å². The third kappa shape index (κ3) is 3.45. The molecular weight excluding hydrogens is 250 g/mol. The van der Waals surface area contributed by atoms with Crippen LogP contribution in [0.2, 0.25) is 0 Å². The van der Waals surface area contributed by atoms with E-state index in [0.29, 0.717) is 18.1 Å². The van der Waals surface area contributed by atoms with Crippen molar-refractivity contribution in [3.63, 3.8) is 0 Å². The van der Waals surface area contributed by atoms with Crippen LogP contribution in [-0.2, 0) is 6.54 Å². The molecular formula is C15H17N5. The standard InChI is InChI=1S/C15H17N5/c1-3-17-15-19-9-11(2)14(20-15)18-10-13-6-4-5-12(7-13)8-16/h4-7,9H,3,10H2,1-2H3,(H2,17,18,19,20). The van der Waals surface area contributed by atoms with Crippen molar-refractivity contribution >= 4 is 11.8 Å². The van der Waals surface area contributed by atoms with Crippen LogP contribution in [0.4, 0.5) is 11.8 Å². The summed E-state index contributed by atoms with van der Waals surface area (Å²) in [4.78, 5) is 8.63. The first-order chi connectivity index (χ1) is 9.72. The lowest BCUT2D eigenvalue weighted by molar-refractivity contribution is 1.03. The second-order valence-corrected chi connectivity index (χ2v) is 4.42. The molecule has 1 aromatic carbocycles. The fourth-order valence-corrected chi connectivity index (χ4v) is 1.80. The molecule has 20 heavy (non-hydrogen) atoms. The molecule has 0 amide bonds. The molecule has 1 aromatic heterocycles. The molecule has 0 unspecified atom stereocenters. The Hall–Kier alpha value is -2.61. The van der Waals surface area contributed by atoms with Gasteiger partial charge in [-0.15, -0.1) is 0 Å². The number of hydrogen-bond acceptors (Lipinski definition) is 5. The molecule has 2 aromatic rings. The Morgan fingerprint density at radius 2 is 2.15 bits per heavy atom. The van der Waals surface area contributed by atoms with Crippen LogP contribution in [0.5, 0.6) is 0 Å². The molecule has 0 radical (unpaired) electrons. The largest absolute Gasteiger partial charge is 0.366 e. The SMILES string of the molecule is CCNc1ncc(C)c(NCc2cccc(C#N)c2)n1. The maximum absolute atomic E-state index is 8.89. The van der Waals surface area contributed by atoms with Crippen LogP contribution in [0.3, 0.4) is 0 Å². The van der Waals surface area contributed by atoms with Crippen LogP contribution in [0, 0.1) is 18.3 Å². The summed E-state index contributed by atoms with van der Waals surface area (Å²) in [6, 6.07) is 9.67. The molecule has 1 heterocycles. The van der Waals surface area contributed by atoms with Gasteiger partial charge in [0.2, 0.25) is 5.95 Å². The molecule has 0 atom stereocenters. The van der Waals surface area contributed by atoms with E-state index in [0.717, 1.165) is 23.5 Å². The van der Waals surface area contributed by atoms with Gasteiger partial charge >= 0.3 is 0 Å². The summed E-state index contributed by atoms with van der Waals surface area (Å²) in [5.74, 6) is 1.42. The summed E-state index contributed by atoms with van der Waals surface area (Å²) >= 11 is 0. The maximum atomic E-state index is 8.89. The first-order valence-electron chi connectivity index (χ1n) is 6.53. The first kappa shape index (κ1) is 13.8. The quantitative estimate of drug-likeness (QED) is 0.871. The molecule has 0 aliphatic heterocycles. The fraction of sp³-hybridized carbons (Fsp3) is 0.267. The number of aromatic nitrogens is 2. The molecule has 0 spiro atoms. The van der Waals surface area contributed by atoms with Gasteiger partial charge in [0.05, 0.1) is 11.6 Å². The van der Waals surface area contributed by atoms with Crippen molar-refractivity contribution in [1.82, 2.24) is 9.97 Å². The topological polar surface area (TPSA) is 73.6 Å². The van der Waals surface area contributed by atoms with Gasteiger partial charge in [-0.05, 0) is 31.5 Å². The highest BCUT2D eigenvalue weighted by molar-refractivity contribution is 5.47. The Balaban J connectivity index is 2.10. The number of aryl methyl sites for hydroxylation is 1. The number of nitriles is 1. The Morgan fingerprint density at radius 3 is 2.90 bits per heavy atom. The highest BCUT2D eigenvalue weighted by Gasteiger charge is 2.03. The maximum Gasteiger partial charge on any atom is 0.224 e. The van der Waals surface area contributed by atoms with Crippen molar-refractivity contribution in [3.8, 4) is 6.07 Å². The second-order valence-electron chi connectivity index (χ2n) is 4.42. The first-order valence-corrected chi connectivity index (χ1v) is 6.53. The van der Waals surface area contributed by atoms with E-state index in [4.69, 9.17) is 5.26 Å². The molecule has 0 saturated carbocycles. The fourth-order valence-electron chi connectivity index (χ4n) is 1.80. The number of anilines is 2. The molecule has 0 bridgehead atoms. The highest BCUT2D eigenvalue weighted by Crippen LogP contribution is 2.14. The average molecular weight is 267 g/mol. The summed E-state index contributed by atoms with van der Waals surface area (Å²) in [5.41, 5.74) is 2.70. The highest BCUT2D eigenvalue weighted by atomic mass is 15.1. The van der Waals surface area contributed by atoms with Gasteiger partial charge in [0.25, 0.3) is 0 Å². The van der Waals surface area contributed by atoms with Crippen molar-refractivity contribution in [2.75, 3.05) is 17.2 Å². The minimum absolute atomic E-state index is 0.617. The van der Waals surface area contributed by atoms with Gasteiger partial charge in [-0.1, -0.05) is 12.1 Å². The number of rotatable bonds is 5. The molecule has 0 aliphatic carbocycles. The molecule has 0 fully saturated rings. The number of nitrogens with one attached hydrogen (secondary N) is 2. The van der Waals surface area contributed by atoms with Crippen LogP contribution >= 0.6 is 0 Å². The van der Waals surface area contributed by atoms with Gasteiger partial charge in [-0.2, -0.15) is 10.2 Å². The average Bonchev–Trinajstić information content (AvgIpc) is 2.48. The van der Waals surface area contributed by atoms with E-state index in [2.05, 4.69) is 26.7 Å². The number of benzene rings is 1. The summed E-state index contributed by atoms with van der Waals surface area (Å²) in [7, 11) is 0. The van der Waals surface area contributed by atoms with E-state index in [1.54, 1.807) is 12.3 Å². The van der Waals surface area contributed by atoms with Crippen LogP contribution in [0.25, 0.3) is 0 Å². The van der Waals surface area contributed by atoms with E-state index in [-0.39, 0.29) is 0 Å². The lowest BCUT2D eigenvalue weighted by Crippen LogP contribution is -2.08. The minimum atomic E-state index is 0.617. The zero-order chi connectivity index (χ0) is 14.4. The zero-order valence-corrected chi connectivity index (χ0v) is 11.6. The van der Waals surface area contributed by atoms with E-state index in [1.165, 1.54) is 0 Å². The summed E-state index contributed by atoms with van der Waals surface area (Å²) in [5, 5.41) is 15.3. The van der Waals surface area contributed by atoms with Gasteiger partial charge in [-0.3, -0.25) is 0 Å². The number of hydrogen-bond donors (Lipinski definition) is 2. The van der Waals surface area contributed by atoms with Gasteiger partial charge in [0.1, 0.15) is 5.82 Å². The lowest BCUT2D eigenvalue weighted by Gasteiger charge is -2.10. The van der Waals surface area contributed by atoms with Crippen molar-refractivity contribution in [1.29, 1.82) is 5.26 Å². The van der Waals surface area contributed by atoms with Crippen molar-refractivity contribution in [3.05, 3.63) is 47.2 Å². The monoisotopic (exact) mass is 267 g/mol. The predicted octanol–water partition coefficient (Wildman–Crippen LogP) is 2.70. The molecule has 0 saturated heterocycles. The van der Waals surface area contributed by atoms with Gasteiger partial charge < -0.3 is 10.6 Å². The Morgan fingerprint density at radius 1 is 1.30 bits per heavy atom.